The Morgan fingerprint density at radius 3 is 2.65 bits per heavy atom. The Bertz CT molecular complexity index is 511. The minimum absolute atomic E-state index is 0.349. The summed E-state index contributed by atoms with van der Waals surface area (Å²) < 4.78 is 6.63. The van der Waals surface area contributed by atoms with Crippen molar-refractivity contribution in [2.45, 2.75) is 6.92 Å². The van der Waals surface area contributed by atoms with Crippen LogP contribution in [0.2, 0.25) is 10.0 Å². The number of halogens is 3. The predicted octanol–water partition coefficient (Wildman–Crippen LogP) is 5.25. The van der Waals surface area contributed by atoms with Crippen LogP contribution in [0, 0.1) is 6.92 Å². The van der Waals surface area contributed by atoms with E-state index in [9.17, 15) is 0 Å². The SMILES string of the molecule is Cc1cc(Br)ccc1Oc1ncc(Cl)cc1Cl. The second kappa shape index (κ2) is 5.25. The van der Waals surface area contributed by atoms with Crippen LogP contribution in [0.1, 0.15) is 5.56 Å². The molecule has 88 valence electrons. The van der Waals surface area contributed by atoms with Gasteiger partial charge < -0.3 is 4.74 Å². The Morgan fingerprint density at radius 2 is 2.00 bits per heavy atom. The molecule has 2 aromatic rings. The average molecular weight is 333 g/mol. The molecule has 1 aromatic carbocycles. The van der Waals surface area contributed by atoms with Crippen LogP contribution >= 0.6 is 39.1 Å². The summed E-state index contributed by atoms with van der Waals surface area (Å²) in [6.45, 7) is 1.95. The van der Waals surface area contributed by atoms with Crippen molar-refractivity contribution < 1.29 is 4.74 Å². The number of hydrogen-bond acceptors (Lipinski definition) is 2. The van der Waals surface area contributed by atoms with Gasteiger partial charge in [-0.25, -0.2) is 4.98 Å². The predicted molar refractivity (Wildman–Crippen MR) is 73.2 cm³/mol. The van der Waals surface area contributed by atoms with E-state index in [0.29, 0.717) is 21.7 Å². The molecule has 5 heteroatoms. The highest BCUT2D eigenvalue weighted by Gasteiger charge is 2.07. The lowest BCUT2D eigenvalue weighted by molar-refractivity contribution is 0.459. The Labute approximate surface area is 118 Å². The van der Waals surface area contributed by atoms with Crippen LogP contribution in [0.4, 0.5) is 0 Å². The van der Waals surface area contributed by atoms with Crippen LogP contribution < -0.4 is 4.74 Å². The van der Waals surface area contributed by atoms with Gasteiger partial charge in [0.1, 0.15) is 10.8 Å². The van der Waals surface area contributed by atoms with Crippen LogP contribution in [0.25, 0.3) is 0 Å². The third kappa shape index (κ3) is 3.12. The van der Waals surface area contributed by atoms with Crippen LogP contribution in [-0.4, -0.2) is 4.98 Å². The van der Waals surface area contributed by atoms with Crippen molar-refractivity contribution >= 4 is 39.1 Å². The molecule has 0 aliphatic heterocycles. The van der Waals surface area contributed by atoms with E-state index in [1.165, 1.54) is 6.20 Å². The van der Waals surface area contributed by atoms with E-state index in [4.69, 9.17) is 27.9 Å². The molecule has 0 amide bonds. The summed E-state index contributed by atoms with van der Waals surface area (Å²) in [6.07, 6.45) is 1.50. The Balaban J connectivity index is 2.31. The van der Waals surface area contributed by atoms with E-state index in [-0.39, 0.29) is 0 Å². The highest BCUT2D eigenvalue weighted by atomic mass is 79.9. The van der Waals surface area contributed by atoms with Gasteiger partial charge in [-0.3, -0.25) is 0 Å². The van der Waals surface area contributed by atoms with Gasteiger partial charge in [-0.2, -0.15) is 0 Å². The summed E-state index contributed by atoms with van der Waals surface area (Å²) in [7, 11) is 0. The summed E-state index contributed by atoms with van der Waals surface area (Å²) in [5.41, 5.74) is 0.993. The van der Waals surface area contributed by atoms with Crippen LogP contribution in [0.3, 0.4) is 0 Å². The first kappa shape index (κ1) is 12.7. The summed E-state index contributed by atoms with van der Waals surface area (Å²) in [5, 5.41) is 0.870. The molecule has 0 spiro atoms. The van der Waals surface area contributed by atoms with Gasteiger partial charge in [-0.05, 0) is 36.8 Å². The van der Waals surface area contributed by atoms with Gasteiger partial charge in [-0.1, -0.05) is 39.1 Å². The third-order valence-corrected chi connectivity index (χ3v) is 3.09. The highest BCUT2D eigenvalue weighted by molar-refractivity contribution is 9.10. The highest BCUT2D eigenvalue weighted by Crippen LogP contribution is 2.31. The molecule has 0 fully saturated rings. The van der Waals surface area contributed by atoms with E-state index in [2.05, 4.69) is 20.9 Å². The Hall–Kier alpha value is -0.770. The van der Waals surface area contributed by atoms with Crippen molar-refractivity contribution in [1.29, 1.82) is 0 Å². The first-order valence-corrected chi connectivity index (χ1v) is 6.36. The summed E-state index contributed by atoms with van der Waals surface area (Å²) in [6, 6.07) is 7.30. The summed E-state index contributed by atoms with van der Waals surface area (Å²) in [4.78, 5) is 4.04. The fourth-order valence-corrected chi connectivity index (χ4v) is 2.20. The molecular formula is C12H8BrCl2NO. The van der Waals surface area contributed by atoms with Crippen LogP contribution in [0.5, 0.6) is 11.6 Å². The number of hydrogen-bond donors (Lipinski definition) is 0. The maximum atomic E-state index is 5.98. The van der Waals surface area contributed by atoms with Gasteiger partial charge in [0.15, 0.2) is 0 Å². The van der Waals surface area contributed by atoms with Gasteiger partial charge >= 0.3 is 0 Å². The average Bonchev–Trinajstić information content (AvgIpc) is 2.25. The molecule has 0 saturated carbocycles. The van der Waals surface area contributed by atoms with Gasteiger partial charge in [0.05, 0.1) is 5.02 Å². The normalized spacial score (nSPS) is 10.4. The largest absolute Gasteiger partial charge is 0.437 e. The van der Waals surface area contributed by atoms with Crippen molar-refractivity contribution in [2.24, 2.45) is 0 Å². The molecule has 2 nitrogen and oxygen atoms in total. The zero-order valence-electron chi connectivity index (χ0n) is 8.88. The van der Waals surface area contributed by atoms with Crippen molar-refractivity contribution in [2.75, 3.05) is 0 Å². The molecule has 1 heterocycles. The molecule has 2 rings (SSSR count). The van der Waals surface area contributed by atoms with E-state index in [1.807, 2.05) is 25.1 Å². The number of ether oxygens (including phenoxy) is 1. The van der Waals surface area contributed by atoms with Crippen molar-refractivity contribution in [1.82, 2.24) is 4.98 Å². The lowest BCUT2D eigenvalue weighted by Crippen LogP contribution is -1.91. The molecular weight excluding hydrogens is 325 g/mol. The van der Waals surface area contributed by atoms with Gasteiger partial charge in [0.2, 0.25) is 5.88 Å². The number of benzene rings is 1. The van der Waals surface area contributed by atoms with E-state index >= 15 is 0 Å². The summed E-state index contributed by atoms with van der Waals surface area (Å²) >= 11 is 15.1. The molecule has 1 aromatic heterocycles. The lowest BCUT2D eigenvalue weighted by atomic mass is 10.2. The Kier molecular flexibility index (Phi) is 3.92. The number of aryl methyl sites for hydroxylation is 1. The van der Waals surface area contributed by atoms with E-state index in [0.717, 1.165) is 10.0 Å². The molecule has 0 aliphatic carbocycles. The maximum Gasteiger partial charge on any atom is 0.238 e. The van der Waals surface area contributed by atoms with E-state index < -0.39 is 0 Å². The molecule has 0 aliphatic rings. The fourth-order valence-electron chi connectivity index (χ4n) is 1.31. The number of nitrogens with zero attached hydrogens (tertiary/aromatic N) is 1. The zero-order valence-corrected chi connectivity index (χ0v) is 12.0. The number of pyridine rings is 1. The smallest absolute Gasteiger partial charge is 0.238 e. The first-order valence-electron chi connectivity index (χ1n) is 4.81. The molecule has 0 bridgehead atoms. The van der Waals surface area contributed by atoms with Gasteiger partial charge in [0, 0.05) is 10.7 Å². The first-order chi connectivity index (χ1) is 8.06. The third-order valence-electron chi connectivity index (χ3n) is 2.12. The monoisotopic (exact) mass is 331 g/mol. The topological polar surface area (TPSA) is 22.1 Å². The maximum absolute atomic E-state index is 5.98. The molecule has 0 atom stereocenters. The zero-order chi connectivity index (χ0) is 12.4. The molecule has 17 heavy (non-hydrogen) atoms. The van der Waals surface area contributed by atoms with Crippen molar-refractivity contribution in [3.63, 3.8) is 0 Å². The second-order valence-corrected chi connectivity index (χ2v) is 5.21. The summed E-state index contributed by atoms with van der Waals surface area (Å²) in [5.74, 6) is 1.06. The molecule has 0 N–H and O–H groups in total. The van der Waals surface area contributed by atoms with Crippen LogP contribution in [-0.2, 0) is 0 Å². The Morgan fingerprint density at radius 1 is 1.24 bits per heavy atom. The van der Waals surface area contributed by atoms with E-state index in [1.54, 1.807) is 6.07 Å². The molecule has 0 radical (unpaired) electrons. The standard InChI is InChI=1S/C12H8BrCl2NO/c1-7-4-8(13)2-3-11(7)17-12-10(15)5-9(14)6-16-12/h2-6H,1H3. The van der Waals surface area contributed by atoms with Gasteiger partial charge in [0.25, 0.3) is 0 Å². The lowest BCUT2D eigenvalue weighted by Gasteiger charge is -2.09. The second-order valence-electron chi connectivity index (χ2n) is 3.45. The minimum atomic E-state index is 0.349. The molecule has 0 unspecified atom stereocenters. The quantitative estimate of drug-likeness (QED) is 0.749. The molecule has 0 saturated heterocycles. The minimum Gasteiger partial charge on any atom is -0.437 e. The fraction of sp³-hybridized carbons (Fsp3) is 0.0833. The van der Waals surface area contributed by atoms with Crippen molar-refractivity contribution in [3.05, 3.63) is 50.5 Å². The number of rotatable bonds is 2. The van der Waals surface area contributed by atoms with Crippen molar-refractivity contribution in [3.8, 4) is 11.6 Å². The van der Waals surface area contributed by atoms with Crippen LogP contribution in [0.15, 0.2) is 34.9 Å². The number of aromatic nitrogens is 1. The van der Waals surface area contributed by atoms with Gasteiger partial charge in [-0.15, -0.1) is 0 Å².